The van der Waals surface area contributed by atoms with Crippen molar-refractivity contribution in [2.45, 2.75) is 76.2 Å². The van der Waals surface area contributed by atoms with Crippen LogP contribution in [0.2, 0.25) is 0 Å². The second-order valence-corrected chi connectivity index (χ2v) is 8.53. The van der Waals surface area contributed by atoms with Gasteiger partial charge < -0.3 is 15.4 Å². The molecule has 2 aliphatic heterocycles. The molecule has 0 aromatic rings. The third kappa shape index (κ3) is 7.03. The minimum Gasteiger partial charge on any atom is -0.381 e. The molecule has 27 heavy (non-hydrogen) atoms. The summed E-state index contributed by atoms with van der Waals surface area (Å²) in [5, 5.41) is 7.18. The van der Waals surface area contributed by atoms with Gasteiger partial charge in [0.1, 0.15) is 0 Å². The molecular formula is C21H41IN4O. The second-order valence-electron chi connectivity index (χ2n) is 8.53. The molecule has 0 amide bonds. The van der Waals surface area contributed by atoms with Gasteiger partial charge in [-0.15, -0.1) is 24.0 Å². The Morgan fingerprint density at radius 1 is 1.04 bits per heavy atom. The summed E-state index contributed by atoms with van der Waals surface area (Å²) in [5.74, 6) is 1.94. The van der Waals surface area contributed by atoms with Crippen molar-refractivity contribution in [2.75, 3.05) is 46.4 Å². The number of hydrogen-bond donors (Lipinski definition) is 2. The topological polar surface area (TPSA) is 48.9 Å². The zero-order valence-electron chi connectivity index (χ0n) is 17.3. The van der Waals surface area contributed by atoms with Crippen LogP contribution in [0.1, 0.15) is 70.6 Å². The highest BCUT2D eigenvalue weighted by Crippen LogP contribution is 2.30. The van der Waals surface area contributed by atoms with Gasteiger partial charge in [0, 0.05) is 38.9 Å². The Balaban J connectivity index is 0.00000261. The van der Waals surface area contributed by atoms with Gasteiger partial charge in [0.05, 0.1) is 0 Å². The molecule has 0 aromatic carbocycles. The highest BCUT2D eigenvalue weighted by molar-refractivity contribution is 14.0. The van der Waals surface area contributed by atoms with Crippen LogP contribution in [0.15, 0.2) is 4.99 Å². The average molecular weight is 492 g/mol. The Bertz CT molecular complexity index is 428. The molecule has 1 aliphatic carbocycles. The summed E-state index contributed by atoms with van der Waals surface area (Å²) in [6.07, 6.45) is 14.9. The van der Waals surface area contributed by atoms with Crippen molar-refractivity contribution in [3.63, 3.8) is 0 Å². The summed E-state index contributed by atoms with van der Waals surface area (Å²) >= 11 is 0. The van der Waals surface area contributed by atoms with Crippen molar-refractivity contribution in [1.29, 1.82) is 0 Å². The fourth-order valence-electron chi connectivity index (χ4n) is 5.09. The van der Waals surface area contributed by atoms with Crippen molar-refractivity contribution < 1.29 is 4.74 Å². The van der Waals surface area contributed by atoms with E-state index in [0.717, 1.165) is 51.0 Å². The molecule has 3 rings (SSSR count). The number of rotatable bonds is 7. The maximum absolute atomic E-state index is 5.65. The first-order valence-electron chi connectivity index (χ1n) is 11.1. The van der Waals surface area contributed by atoms with Crippen molar-refractivity contribution in [3.05, 3.63) is 0 Å². The minimum absolute atomic E-state index is 0. The molecule has 2 N–H and O–H groups in total. The normalized spacial score (nSPS) is 24.4. The third-order valence-electron chi connectivity index (χ3n) is 6.82. The van der Waals surface area contributed by atoms with E-state index in [0.29, 0.717) is 0 Å². The number of hydrogen-bond acceptors (Lipinski definition) is 3. The van der Waals surface area contributed by atoms with Gasteiger partial charge in [0.15, 0.2) is 5.96 Å². The summed E-state index contributed by atoms with van der Waals surface area (Å²) in [4.78, 5) is 7.17. The number of nitrogens with one attached hydrogen (secondary N) is 2. The summed E-state index contributed by atoms with van der Waals surface area (Å²) in [7, 11) is 1.89. The van der Waals surface area contributed by atoms with E-state index in [1.807, 2.05) is 7.05 Å². The monoisotopic (exact) mass is 492 g/mol. The highest BCUT2D eigenvalue weighted by Gasteiger charge is 2.39. The molecule has 0 atom stereocenters. The lowest BCUT2D eigenvalue weighted by atomic mass is 9.86. The molecule has 3 aliphatic rings. The average Bonchev–Trinajstić information content (AvgIpc) is 3.24. The van der Waals surface area contributed by atoms with E-state index < -0.39 is 0 Å². The quantitative estimate of drug-likeness (QED) is 0.246. The van der Waals surface area contributed by atoms with Gasteiger partial charge >= 0.3 is 0 Å². The van der Waals surface area contributed by atoms with Crippen molar-refractivity contribution in [1.82, 2.24) is 15.5 Å². The van der Waals surface area contributed by atoms with Crippen LogP contribution < -0.4 is 10.6 Å². The van der Waals surface area contributed by atoms with Crippen molar-refractivity contribution >= 4 is 29.9 Å². The summed E-state index contributed by atoms with van der Waals surface area (Å²) in [6, 6.07) is 0. The SMILES string of the molecule is CN=C(NCCCC1CCCCC1)NCC1(N2CCCC2)CCOCC1.I. The lowest BCUT2D eigenvalue weighted by molar-refractivity contribution is -0.0164. The summed E-state index contributed by atoms with van der Waals surface area (Å²) in [6.45, 7) is 6.30. The molecule has 5 nitrogen and oxygen atoms in total. The van der Waals surface area contributed by atoms with Crippen LogP contribution in [-0.2, 0) is 4.74 Å². The van der Waals surface area contributed by atoms with Gasteiger partial charge in [-0.25, -0.2) is 0 Å². The van der Waals surface area contributed by atoms with Gasteiger partial charge in [-0.1, -0.05) is 32.1 Å². The Hall–Kier alpha value is -0.0800. The molecule has 0 bridgehead atoms. The fourth-order valence-corrected chi connectivity index (χ4v) is 5.09. The smallest absolute Gasteiger partial charge is 0.191 e. The molecule has 2 heterocycles. The van der Waals surface area contributed by atoms with Gasteiger partial charge in [0.25, 0.3) is 0 Å². The van der Waals surface area contributed by atoms with E-state index in [4.69, 9.17) is 4.74 Å². The molecule has 158 valence electrons. The number of halogens is 1. The predicted molar refractivity (Wildman–Crippen MR) is 124 cm³/mol. The summed E-state index contributed by atoms with van der Waals surface area (Å²) in [5.41, 5.74) is 0.258. The number of likely N-dealkylation sites (tertiary alicyclic amines) is 1. The standard InChI is InChI=1S/C21H40N4O.HI/c1-22-20(23-13-7-10-19-8-3-2-4-9-19)24-18-21(11-16-26-17-12-21)25-14-5-6-15-25;/h19H,2-18H2,1H3,(H2,22,23,24);1H. The first-order valence-corrected chi connectivity index (χ1v) is 11.1. The van der Waals surface area contributed by atoms with E-state index in [2.05, 4.69) is 20.5 Å². The maximum Gasteiger partial charge on any atom is 0.191 e. The van der Waals surface area contributed by atoms with Gasteiger partial charge in [-0.3, -0.25) is 9.89 Å². The van der Waals surface area contributed by atoms with Crippen LogP contribution >= 0.6 is 24.0 Å². The van der Waals surface area contributed by atoms with E-state index in [9.17, 15) is 0 Å². The second kappa shape index (κ2) is 12.5. The van der Waals surface area contributed by atoms with Crippen molar-refractivity contribution in [2.24, 2.45) is 10.9 Å². The predicted octanol–water partition coefficient (Wildman–Crippen LogP) is 3.77. The zero-order chi connectivity index (χ0) is 18.1. The number of ether oxygens (including phenoxy) is 1. The van der Waals surface area contributed by atoms with Crippen LogP contribution in [0.25, 0.3) is 0 Å². The van der Waals surface area contributed by atoms with E-state index in [1.54, 1.807) is 0 Å². The van der Waals surface area contributed by atoms with E-state index in [1.165, 1.54) is 70.9 Å². The molecule has 1 saturated carbocycles. The van der Waals surface area contributed by atoms with Crippen LogP contribution in [0, 0.1) is 5.92 Å². The first-order chi connectivity index (χ1) is 12.8. The Morgan fingerprint density at radius 3 is 2.41 bits per heavy atom. The third-order valence-corrected chi connectivity index (χ3v) is 6.82. The number of nitrogens with zero attached hydrogens (tertiary/aromatic N) is 2. The van der Waals surface area contributed by atoms with Gasteiger partial charge in [-0.05, 0) is 57.5 Å². The molecule has 2 saturated heterocycles. The Labute approximate surface area is 183 Å². The lowest BCUT2D eigenvalue weighted by Gasteiger charge is -2.45. The molecule has 6 heteroatoms. The zero-order valence-corrected chi connectivity index (χ0v) is 19.6. The molecule has 3 fully saturated rings. The number of aliphatic imine (C=N–C) groups is 1. The first kappa shape index (κ1) is 23.2. The Kier molecular flexibility index (Phi) is 10.7. The van der Waals surface area contributed by atoms with Crippen LogP contribution in [0.4, 0.5) is 0 Å². The Morgan fingerprint density at radius 2 is 1.74 bits per heavy atom. The largest absolute Gasteiger partial charge is 0.381 e. The molecule has 0 spiro atoms. The van der Waals surface area contributed by atoms with Gasteiger partial charge in [0.2, 0.25) is 0 Å². The molecule has 0 radical (unpaired) electrons. The highest BCUT2D eigenvalue weighted by atomic mass is 127. The molecule has 0 unspecified atom stereocenters. The lowest BCUT2D eigenvalue weighted by Crippen LogP contribution is -2.58. The molecular weight excluding hydrogens is 451 g/mol. The van der Waals surface area contributed by atoms with Crippen molar-refractivity contribution in [3.8, 4) is 0 Å². The van der Waals surface area contributed by atoms with Crippen LogP contribution in [0.5, 0.6) is 0 Å². The van der Waals surface area contributed by atoms with E-state index >= 15 is 0 Å². The van der Waals surface area contributed by atoms with Gasteiger partial charge in [-0.2, -0.15) is 0 Å². The van der Waals surface area contributed by atoms with Crippen LogP contribution in [-0.4, -0.2) is 62.8 Å². The fraction of sp³-hybridized carbons (Fsp3) is 0.952. The summed E-state index contributed by atoms with van der Waals surface area (Å²) < 4.78 is 5.65. The molecule has 0 aromatic heterocycles. The van der Waals surface area contributed by atoms with Crippen LogP contribution in [0.3, 0.4) is 0 Å². The van der Waals surface area contributed by atoms with E-state index in [-0.39, 0.29) is 29.5 Å². The minimum atomic E-state index is 0. The number of guanidine groups is 1. The maximum atomic E-state index is 5.65.